The van der Waals surface area contributed by atoms with E-state index in [4.69, 9.17) is 4.74 Å². The molecule has 2 heteroatoms. The zero-order valence-corrected chi connectivity index (χ0v) is 11.2. The minimum atomic E-state index is 0.275. The largest absolute Gasteiger partial charge is 0.384 e. The van der Waals surface area contributed by atoms with Crippen LogP contribution in [-0.2, 0) is 10.2 Å². The van der Waals surface area contributed by atoms with Crippen LogP contribution in [0.25, 0.3) is 0 Å². The molecule has 1 aliphatic heterocycles. The fourth-order valence-corrected chi connectivity index (χ4v) is 3.77. The number of ether oxygens (including phenoxy) is 1. The van der Waals surface area contributed by atoms with Gasteiger partial charge in [0.25, 0.3) is 0 Å². The molecule has 0 saturated carbocycles. The number of aryl methyl sites for hydroxylation is 2. The normalized spacial score (nSPS) is 30.9. The molecule has 1 heterocycles. The van der Waals surface area contributed by atoms with Crippen LogP contribution in [0, 0.1) is 13.8 Å². The van der Waals surface area contributed by atoms with Crippen molar-refractivity contribution in [2.24, 2.45) is 0 Å². The summed E-state index contributed by atoms with van der Waals surface area (Å²) < 4.78 is 5.50. The number of hydrogen-bond donors (Lipinski definition) is 0. The van der Waals surface area contributed by atoms with Gasteiger partial charge in [0.1, 0.15) is 0 Å². The maximum absolute atomic E-state index is 5.50. The molecule has 3 rings (SSSR count). The lowest BCUT2D eigenvalue weighted by Crippen LogP contribution is -2.47. The van der Waals surface area contributed by atoms with E-state index in [1.54, 1.807) is 5.56 Å². The van der Waals surface area contributed by atoms with Crippen molar-refractivity contribution in [2.45, 2.75) is 25.2 Å². The molecule has 92 valence electrons. The van der Waals surface area contributed by atoms with Crippen LogP contribution in [0.3, 0.4) is 0 Å². The topological polar surface area (TPSA) is 12.5 Å². The van der Waals surface area contributed by atoms with Crippen molar-refractivity contribution in [1.82, 2.24) is 4.90 Å². The van der Waals surface area contributed by atoms with Gasteiger partial charge in [-0.05, 0) is 43.1 Å². The van der Waals surface area contributed by atoms with E-state index >= 15 is 0 Å². The molecule has 1 saturated heterocycles. The Labute approximate surface area is 104 Å². The highest BCUT2D eigenvalue weighted by Gasteiger charge is 2.56. The Morgan fingerprint density at radius 1 is 1.35 bits per heavy atom. The summed E-state index contributed by atoms with van der Waals surface area (Å²) in [6.45, 7) is 7.60. The highest BCUT2D eigenvalue weighted by Crippen LogP contribution is 2.56. The van der Waals surface area contributed by atoms with Crippen molar-refractivity contribution < 1.29 is 4.74 Å². The van der Waals surface area contributed by atoms with Crippen LogP contribution in [0.2, 0.25) is 0 Å². The lowest BCUT2D eigenvalue weighted by atomic mass is 9.57. The monoisotopic (exact) mass is 231 g/mol. The van der Waals surface area contributed by atoms with Gasteiger partial charge in [0.2, 0.25) is 0 Å². The molecule has 0 N–H and O–H groups in total. The first-order valence-corrected chi connectivity index (χ1v) is 6.37. The number of likely N-dealkylation sites (N-methyl/N-ethyl adjacent to an activating group) is 1. The predicted octanol–water partition coefficient (Wildman–Crippen LogP) is 2.23. The molecule has 0 amide bonds. The van der Waals surface area contributed by atoms with Crippen molar-refractivity contribution in [3.05, 3.63) is 34.4 Å². The van der Waals surface area contributed by atoms with E-state index < -0.39 is 0 Å². The third-order valence-electron chi connectivity index (χ3n) is 4.69. The molecule has 2 nitrogen and oxygen atoms in total. The van der Waals surface area contributed by atoms with Crippen LogP contribution in [0.15, 0.2) is 12.1 Å². The average molecular weight is 231 g/mol. The molecule has 1 aromatic carbocycles. The Kier molecular flexibility index (Phi) is 2.36. The quantitative estimate of drug-likeness (QED) is 0.774. The van der Waals surface area contributed by atoms with Gasteiger partial charge >= 0.3 is 0 Å². The molecule has 0 spiro atoms. The van der Waals surface area contributed by atoms with E-state index in [0.717, 1.165) is 13.2 Å². The van der Waals surface area contributed by atoms with Gasteiger partial charge in [-0.15, -0.1) is 0 Å². The summed E-state index contributed by atoms with van der Waals surface area (Å²) in [4.78, 5) is 2.44. The Hall–Kier alpha value is -0.860. The van der Waals surface area contributed by atoms with Crippen LogP contribution < -0.4 is 0 Å². The molecule has 0 bridgehead atoms. The fraction of sp³-hybridized carbons (Fsp3) is 0.600. The Morgan fingerprint density at radius 2 is 2.06 bits per heavy atom. The van der Waals surface area contributed by atoms with Crippen molar-refractivity contribution in [1.29, 1.82) is 0 Å². The van der Waals surface area contributed by atoms with E-state index in [-0.39, 0.29) is 5.41 Å². The predicted molar refractivity (Wildman–Crippen MR) is 69.7 cm³/mol. The lowest BCUT2D eigenvalue weighted by Gasteiger charge is -2.46. The van der Waals surface area contributed by atoms with E-state index in [1.807, 2.05) is 7.11 Å². The highest BCUT2D eigenvalue weighted by molar-refractivity contribution is 5.56. The van der Waals surface area contributed by atoms with Crippen LogP contribution >= 0.6 is 0 Å². The maximum Gasteiger partial charge on any atom is 0.0578 e. The summed E-state index contributed by atoms with van der Waals surface area (Å²) >= 11 is 0. The van der Waals surface area contributed by atoms with Crippen molar-refractivity contribution in [3.8, 4) is 0 Å². The standard InChI is InChI=1S/C15H21NO/c1-10-5-12-13(6-11(10)2)15(9-17-4)8-16(3)7-14(12)15/h5-6,14H,7-9H2,1-4H3. The lowest BCUT2D eigenvalue weighted by molar-refractivity contribution is 0.111. The number of fused-ring (bicyclic) bond motifs is 4. The first kappa shape index (κ1) is 11.2. The Morgan fingerprint density at radius 3 is 2.76 bits per heavy atom. The second-order valence-electron chi connectivity index (χ2n) is 5.86. The van der Waals surface area contributed by atoms with Crippen LogP contribution in [0.5, 0.6) is 0 Å². The summed E-state index contributed by atoms with van der Waals surface area (Å²) in [6, 6.07) is 4.78. The molecule has 17 heavy (non-hydrogen) atoms. The van der Waals surface area contributed by atoms with Gasteiger partial charge in [-0.1, -0.05) is 12.1 Å². The molecule has 2 atom stereocenters. The van der Waals surface area contributed by atoms with Crippen molar-refractivity contribution >= 4 is 0 Å². The number of nitrogens with zero attached hydrogens (tertiary/aromatic N) is 1. The number of rotatable bonds is 2. The first-order chi connectivity index (χ1) is 8.08. The summed E-state index contributed by atoms with van der Waals surface area (Å²) in [7, 11) is 4.04. The van der Waals surface area contributed by atoms with Gasteiger partial charge in [-0.2, -0.15) is 0 Å². The first-order valence-electron chi connectivity index (χ1n) is 6.37. The summed E-state index contributed by atoms with van der Waals surface area (Å²) in [6.07, 6.45) is 0. The molecular weight excluding hydrogens is 210 g/mol. The minimum Gasteiger partial charge on any atom is -0.384 e. The van der Waals surface area contributed by atoms with E-state index in [0.29, 0.717) is 5.92 Å². The molecule has 1 aromatic rings. The van der Waals surface area contributed by atoms with Crippen LogP contribution in [0.4, 0.5) is 0 Å². The van der Waals surface area contributed by atoms with E-state index in [2.05, 4.69) is 37.9 Å². The Balaban J connectivity index is 2.09. The summed E-state index contributed by atoms with van der Waals surface area (Å²) in [5.41, 5.74) is 6.21. The van der Waals surface area contributed by atoms with Crippen LogP contribution in [-0.4, -0.2) is 38.8 Å². The van der Waals surface area contributed by atoms with Crippen molar-refractivity contribution in [2.75, 3.05) is 33.9 Å². The third-order valence-corrected chi connectivity index (χ3v) is 4.69. The van der Waals surface area contributed by atoms with Gasteiger partial charge in [0, 0.05) is 31.5 Å². The molecule has 0 aromatic heterocycles. The second kappa shape index (κ2) is 3.56. The molecule has 0 radical (unpaired) electrons. The summed E-state index contributed by atoms with van der Waals surface area (Å²) in [5, 5.41) is 0. The third kappa shape index (κ3) is 1.34. The van der Waals surface area contributed by atoms with Crippen LogP contribution in [0.1, 0.15) is 28.2 Å². The Bertz CT molecular complexity index is 468. The molecule has 2 aliphatic rings. The smallest absolute Gasteiger partial charge is 0.0578 e. The zero-order chi connectivity index (χ0) is 12.2. The number of benzene rings is 1. The maximum atomic E-state index is 5.50. The number of methoxy groups -OCH3 is 1. The van der Waals surface area contributed by atoms with Gasteiger partial charge in [0.05, 0.1) is 6.61 Å². The number of likely N-dealkylation sites (tertiary alicyclic amines) is 1. The minimum absolute atomic E-state index is 0.275. The van der Waals surface area contributed by atoms with E-state index in [9.17, 15) is 0 Å². The van der Waals surface area contributed by atoms with Gasteiger partial charge < -0.3 is 9.64 Å². The number of hydrogen-bond acceptors (Lipinski definition) is 2. The average Bonchev–Trinajstić information content (AvgIpc) is 2.57. The molecular formula is C15H21NO. The van der Waals surface area contributed by atoms with Gasteiger partial charge in [-0.3, -0.25) is 0 Å². The zero-order valence-electron chi connectivity index (χ0n) is 11.2. The SMILES string of the molecule is COCC12CN(C)CC1c1cc(C)c(C)cc12. The molecule has 1 fully saturated rings. The fourth-order valence-electron chi connectivity index (χ4n) is 3.77. The summed E-state index contributed by atoms with van der Waals surface area (Å²) in [5.74, 6) is 0.682. The van der Waals surface area contributed by atoms with Gasteiger partial charge in [-0.25, -0.2) is 0 Å². The molecule has 1 aliphatic carbocycles. The second-order valence-corrected chi connectivity index (χ2v) is 5.86. The van der Waals surface area contributed by atoms with E-state index in [1.165, 1.54) is 23.2 Å². The molecule has 2 unspecified atom stereocenters. The van der Waals surface area contributed by atoms with Crippen molar-refractivity contribution in [3.63, 3.8) is 0 Å². The highest BCUT2D eigenvalue weighted by atomic mass is 16.5. The van der Waals surface area contributed by atoms with Gasteiger partial charge in [0.15, 0.2) is 0 Å².